The fourth-order valence-electron chi connectivity index (χ4n) is 3.29. The number of amides is 1. The number of aliphatic hydroxyl groups excluding tert-OH is 1. The Morgan fingerprint density at radius 2 is 2.50 bits per heavy atom. The van der Waals surface area contributed by atoms with E-state index in [1.807, 2.05) is 22.4 Å². The summed E-state index contributed by atoms with van der Waals surface area (Å²) in [6.07, 6.45) is 2.82. The van der Waals surface area contributed by atoms with Crippen LogP contribution in [-0.2, 0) is 9.53 Å². The highest BCUT2D eigenvalue weighted by atomic mass is 32.1. The predicted octanol–water partition coefficient (Wildman–Crippen LogP) is 1.54. The summed E-state index contributed by atoms with van der Waals surface area (Å²) in [6.45, 7) is 2.76. The Morgan fingerprint density at radius 1 is 1.59 bits per heavy atom. The van der Waals surface area contributed by atoms with Gasteiger partial charge in [0.05, 0.1) is 25.4 Å². The lowest BCUT2D eigenvalue weighted by Crippen LogP contribution is -2.50. The Labute approximate surface area is 135 Å². The van der Waals surface area contributed by atoms with Crippen LogP contribution in [0, 0.1) is 0 Å². The number of aliphatic hydroxyl groups is 1. The van der Waals surface area contributed by atoms with Crippen molar-refractivity contribution >= 4 is 17.2 Å². The summed E-state index contributed by atoms with van der Waals surface area (Å²) in [6, 6.07) is 4.17. The van der Waals surface area contributed by atoms with Gasteiger partial charge in [0, 0.05) is 30.3 Å². The average Bonchev–Trinajstić information content (AvgIpc) is 3.21. The summed E-state index contributed by atoms with van der Waals surface area (Å²) in [5, 5.41) is 15.7. The number of rotatable bonds is 5. The van der Waals surface area contributed by atoms with E-state index in [-0.39, 0.29) is 11.9 Å². The molecule has 122 valence electrons. The van der Waals surface area contributed by atoms with E-state index in [1.54, 1.807) is 11.3 Å². The van der Waals surface area contributed by atoms with Gasteiger partial charge in [-0.2, -0.15) is 0 Å². The van der Waals surface area contributed by atoms with Gasteiger partial charge in [0.15, 0.2) is 0 Å². The molecule has 1 aromatic heterocycles. The van der Waals surface area contributed by atoms with Gasteiger partial charge >= 0.3 is 0 Å². The minimum Gasteiger partial charge on any atom is -0.387 e. The number of carbonyl (C=O) groups excluding carboxylic acids is 1. The van der Waals surface area contributed by atoms with Crippen LogP contribution in [0.15, 0.2) is 17.5 Å². The summed E-state index contributed by atoms with van der Waals surface area (Å²) in [5.74, 6) is 0.186. The third-order valence-corrected chi connectivity index (χ3v) is 5.47. The first kappa shape index (κ1) is 15.9. The summed E-state index contributed by atoms with van der Waals surface area (Å²) < 4.78 is 5.53. The Hall–Kier alpha value is -0.950. The number of thiophene rings is 1. The zero-order chi connectivity index (χ0) is 15.4. The monoisotopic (exact) mass is 324 g/mol. The number of carbonyl (C=O) groups is 1. The summed E-state index contributed by atoms with van der Waals surface area (Å²) in [7, 11) is 0. The SMILES string of the molecule is O=C(CC1CCCN1)N1CCOCC1CC(O)c1cccs1. The number of nitrogens with zero attached hydrogens (tertiary/aromatic N) is 1. The minimum absolute atomic E-state index is 0.0280. The van der Waals surface area contributed by atoms with E-state index in [0.717, 1.165) is 24.3 Å². The fraction of sp³-hybridized carbons (Fsp3) is 0.688. The third-order valence-electron chi connectivity index (χ3n) is 4.50. The Balaban J connectivity index is 1.59. The number of hydrogen-bond acceptors (Lipinski definition) is 5. The second-order valence-electron chi connectivity index (χ2n) is 6.08. The zero-order valence-corrected chi connectivity index (χ0v) is 13.6. The van der Waals surface area contributed by atoms with Crippen LogP contribution in [0.2, 0.25) is 0 Å². The molecule has 2 aliphatic heterocycles. The van der Waals surface area contributed by atoms with Crippen LogP contribution >= 0.6 is 11.3 Å². The molecule has 6 heteroatoms. The summed E-state index contributed by atoms with van der Waals surface area (Å²) in [4.78, 5) is 15.5. The van der Waals surface area contributed by atoms with Crippen LogP contribution in [0.4, 0.5) is 0 Å². The van der Waals surface area contributed by atoms with Gasteiger partial charge in [-0.25, -0.2) is 0 Å². The smallest absolute Gasteiger partial charge is 0.224 e. The molecule has 0 saturated carbocycles. The van der Waals surface area contributed by atoms with Crippen LogP contribution in [0.1, 0.15) is 36.7 Å². The first-order valence-corrected chi connectivity index (χ1v) is 8.94. The molecule has 3 atom stereocenters. The number of hydrogen-bond donors (Lipinski definition) is 2. The van der Waals surface area contributed by atoms with Gasteiger partial charge in [0.2, 0.25) is 5.91 Å². The van der Waals surface area contributed by atoms with Gasteiger partial charge in [-0.3, -0.25) is 4.79 Å². The first-order chi connectivity index (χ1) is 10.7. The van der Waals surface area contributed by atoms with Gasteiger partial charge in [0.25, 0.3) is 0 Å². The number of nitrogens with one attached hydrogen (secondary N) is 1. The molecule has 1 amide bonds. The van der Waals surface area contributed by atoms with Crippen LogP contribution in [0.3, 0.4) is 0 Å². The Bertz CT molecular complexity index is 474. The van der Waals surface area contributed by atoms with E-state index in [0.29, 0.717) is 38.6 Å². The van der Waals surface area contributed by atoms with Crippen LogP contribution in [-0.4, -0.2) is 54.3 Å². The normalized spacial score (nSPS) is 27.0. The predicted molar refractivity (Wildman–Crippen MR) is 85.9 cm³/mol. The molecule has 22 heavy (non-hydrogen) atoms. The zero-order valence-electron chi connectivity index (χ0n) is 12.7. The molecule has 3 heterocycles. The van der Waals surface area contributed by atoms with Crippen LogP contribution < -0.4 is 5.32 Å². The molecule has 0 aromatic carbocycles. The maximum absolute atomic E-state index is 12.6. The lowest BCUT2D eigenvalue weighted by atomic mass is 10.0. The molecular weight excluding hydrogens is 300 g/mol. The van der Waals surface area contributed by atoms with Crippen molar-refractivity contribution in [3.8, 4) is 0 Å². The van der Waals surface area contributed by atoms with E-state index in [9.17, 15) is 9.90 Å². The Kier molecular flexibility index (Phi) is 5.46. The highest BCUT2D eigenvalue weighted by Crippen LogP contribution is 2.26. The van der Waals surface area contributed by atoms with Crippen molar-refractivity contribution in [3.05, 3.63) is 22.4 Å². The molecule has 1 aromatic rings. The van der Waals surface area contributed by atoms with Crippen LogP contribution in [0.25, 0.3) is 0 Å². The van der Waals surface area contributed by atoms with E-state index in [4.69, 9.17) is 4.74 Å². The van der Waals surface area contributed by atoms with Gasteiger partial charge in [0.1, 0.15) is 0 Å². The molecule has 3 rings (SSSR count). The fourth-order valence-corrected chi connectivity index (χ4v) is 4.02. The van der Waals surface area contributed by atoms with E-state index in [1.165, 1.54) is 0 Å². The average molecular weight is 324 g/mol. The summed E-state index contributed by atoms with van der Waals surface area (Å²) in [5.41, 5.74) is 0. The molecule has 0 bridgehead atoms. The lowest BCUT2D eigenvalue weighted by Gasteiger charge is -2.37. The van der Waals surface area contributed by atoms with Crippen molar-refractivity contribution in [2.45, 2.75) is 43.9 Å². The molecule has 2 saturated heterocycles. The maximum Gasteiger partial charge on any atom is 0.224 e. The van der Waals surface area contributed by atoms with Crippen molar-refractivity contribution in [1.29, 1.82) is 0 Å². The van der Waals surface area contributed by atoms with Crippen LogP contribution in [0.5, 0.6) is 0 Å². The van der Waals surface area contributed by atoms with Crippen molar-refractivity contribution in [2.24, 2.45) is 0 Å². The summed E-state index contributed by atoms with van der Waals surface area (Å²) >= 11 is 1.55. The molecule has 2 fully saturated rings. The molecule has 2 N–H and O–H groups in total. The molecule has 0 spiro atoms. The number of morpholine rings is 1. The highest BCUT2D eigenvalue weighted by molar-refractivity contribution is 7.10. The molecule has 2 aliphatic rings. The number of ether oxygens (including phenoxy) is 1. The van der Waals surface area contributed by atoms with Gasteiger partial charge in [-0.1, -0.05) is 6.07 Å². The largest absolute Gasteiger partial charge is 0.387 e. The lowest BCUT2D eigenvalue weighted by molar-refractivity contribution is -0.141. The minimum atomic E-state index is -0.522. The Morgan fingerprint density at radius 3 is 3.23 bits per heavy atom. The van der Waals surface area contributed by atoms with E-state index in [2.05, 4.69) is 5.32 Å². The van der Waals surface area contributed by atoms with Gasteiger partial charge in [-0.05, 0) is 30.8 Å². The third kappa shape index (κ3) is 3.87. The van der Waals surface area contributed by atoms with E-state index < -0.39 is 6.10 Å². The molecule has 3 unspecified atom stereocenters. The highest BCUT2D eigenvalue weighted by Gasteiger charge is 2.31. The topological polar surface area (TPSA) is 61.8 Å². The van der Waals surface area contributed by atoms with E-state index >= 15 is 0 Å². The van der Waals surface area contributed by atoms with Crippen molar-refractivity contribution in [3.63, 3.8) is 0 Å². The molecular formula is C16H24N2O3S. The molecule has 0 aliphatic carbocycles. The molecule has 0 radical (unpaired) electrons. The van der Waals surface area contributed by atoms with Crippen molar-refractivity contribution in [2.75, 3.05) is 26.3 Å². The van der Waals surface area contributed by atoms with Crippen molar-refractivity contribution < 1.29 is 14.6 Å². The van der Waals surface area contributed by atoms with Gasteiger partial charge < -0.3 is 20.1 Å². The van der Waals surface area contributed by atoms with Crippen molar-refractivity contribution in [1.82, 2.24) is 10.2 Å². The van der Waals surface area contributed by atoms with Gasteiger partial charge in [-0.15, -0.1) is 11.3 Å². The quantitative estimate of drug-likeness (QED) is 0.862. The first-order valence-electron chi connectivity index (χ1n) is 8.06. The molecule has 5 nitrogen and oxygen atoms in total. The maximum atomic E-state index is 12.6. The standard InChI is InChI=1S/C16H24N2O3S/c19-14(15-4-2-8-22-15)10-13-11-21-7-6-18(13)16(20)9-12-3-1-5-17-12/h2,4,8,12-14,17,19H,1,3,5-7,9-11H2. The second kappa shape index (κ2) is 7.55. The second-order valence-corrected chi connectivity index (χ2v) is 7.06.